The molecule has 0 fully saturated rings. The van der Waals surface area contributed by atoms with E-state index in [9.17, 15) is 0 Å². The van der Waals surface area contributed by atoms with E-state index >= 15 is 0 Å². The second-order valence-corrected chi connectivity index (χ2v) is 3.93. The van der Waals surface area contributed by atoms with Gasteiger partial charge in [0.05, 0.1) is 5.51 Å². The first-order chi connectivity index (χ1) is 6.31. The predicted molar refractivity (Wildman–Crippen MR) is 52.5 cm³/mol. The summed E-state index contributed by atoms with van der Waals surface area (Å²) in [5.74, 6) is 1.18. The first-order valence-corrected chi connectivity index (χ1v) is 5.40. The normalized spacial score (nSPS) is 10.6. The van der Waals surface area contributed by atoms with Crippen molar-refractivity contribution in [3.05, 3.63) is 16.0 Å². The molecule has 0 amide bonds. The summed E-state index contributed by atoms with van der Waals surface area (Å²) in [4.78, 5) is 4.92. The van der Waals surface area contributed by atoms with Crippen molar-refractivity contribution in [1.29, 1.82) is 0 Å². The Hall–Kier alpha value is -0.750. The standard InChI is InChI=1S/C7H6BrN3OS/c1-2-4-10-11-7(12-4)5-6(8)9-3-13-5/h3H,2H2,1H3. The third-order valence-corrected chi connectivity index (χ3v) is 3.17. The SMILES string of the molecule is CCc1nnc(-c2scnc2Br)o1. The minimum absolute atomic E-state index is 0.534. The van der Waals surface area contributed by atoms with E-state index in [2.05, 4.69) is 31.1 Å². The third kappa shape index (κ3) is 1.64. The summed E-state index contributed by atoms with van der Waals surface area (Å²) >= 11 is 4.78. The number of thiazole rings is 1. The van der Waals surface area contributed by atoms with Crippen LogP contribution in [0.5, 0.6) is 0 Å². The minimum atomic E-state index is 0.534. The molecule has 2 aromatic rings. The van der Waals surface area contributed by atoms with E-state index in [1.807, 2.05) is 6.92 Å². The molecule has 0 spiro atoms. The van der Waals surface area contributed by atoms with E-state index in [1.165, 1.54) is 11.3 Å². The monoisotopic (exact) mass is 259 g/mol. The number of aryl methyl sites for hydroxylation is 1. The molecule has 0 aliphatic heterocycles. The van der Waals surface area contributed by atoms with Gasteiger partial charge in [-0.05, 0) is 15.9 Å². The van der Waals surface area contributed by atoms with Crippen LogP contribution in [0.15, 0.2) is 14.5 Å². The predicted octanol–water partition coefficient (Wildman–Crippen LogP) is 2.52. The highest BCUT2D eigenvalue weighted by atomic mass is 79.9. The molecule has 0 bridgehead atoms. The summed E-state index contributed by atoms with van der Waals surface area (Å²) in [6.45, 7) is 1.97. The molecule has 0 saturated heterocycles. The second kappa shape index (κ2) is 3.55. The summed E-state index contributed by atoms with van der Waals surface area (Å²) in [6, 6.07) is 0. The molecule has 6 heteroatoms. The van der Waals surface area contributed by atoms with Crippen LogP contribution < -0.4 is 0 Å². The Kier molecular flexibility index (Phi) is 2.41. The van der Waals surface area contributed by atoms with Crippen LogP contribution in [0.1, 0.15) is 12.8 Å². The van der Waals surface area contributed by atoms with Gasteiger partial charge in [-0.25, -0.2) is 4.98 Å². The van der Waals surface area contributed by atoms with Gasteiger partial charge in [0, 0.05) is 6.42 Å². The molecule has 0 saturated carbocycles. The lowest BCUT2D eigenvalue weighted by atomic mass is 10.5. The Labute approximate surface area is 87.1 Å². The van der Waals surface area contributed by atoms with E-state index in [0.29, 0.717) is 11.8 Å². The smallest absolute Gasteiger partial charge is 0.260 e. The number of hydrogen-bond donors (Lipinski definition) is 0. The molecule has 0 N–H and O–H groups in total. The fourth-order valence-corrected chi connectivity index (χ4v) is 2.14. The maximum atomic E-state index is 5.38. The van der Waals surface area contributed by atoms with Crippen LogP contribution in [-0.4, -0.2) is 15.2 Å². The van der Waals surface area contributed by atoms with Crippen LogP contribution >= 0.6 is 27.3 Å². The molecule has 2 heterocycles. The van der Waals surface area contributed by atoms with Gasteiger partial charge in [0.2, 0.25) is 5.89 Å². The van der Waals surface area contributed by atoms with Gasteiger partial charge in [-0.1, -0.05) is 6.92 Å². The highest BCUT2D eigenvalue weighted by Gasteiger charge is 2.12. The molecule has 68 valence electrons. The lowest BCUT2D eigenvalue weighted by Gasteiger charge is -1.86. The number of hydrogen-bond acceptors (Lipinski definition) is 5. The van der Waals surface area contributed by atoms with Crippen molar-refractivity contribution in [2.75, 3.05) is 0 Å². The fraction of sp³-hybridized carbons (Fsp3) is 0.286. The van der Waals surface area contributed by atoms with Crippen LogP contribution in [0.25, 0.3) is 10.8 Å². The maximum absolute atomic E-state index is 5.38. The van der Waals surface area contributed by atoms with Crippen molar-refractivity contribution < 1.29 is 4.42 Å². The van der Waals surface area contributed by atoms with Crippen molar-refractivity contribution in [1.82, 2.24) is 15.2 Å². The molecule has 4 nitrogen and oxygen atoms in total. The number of rotatable bonds is 2. The molecule has 2 aromatic heterocycles. The fourth-order valence-electron chi connectivity index (χ4n) is 0.859. The quantitative estimate of drug-likeness (QED) is 0.832. The average molecular weight is 260 g/mol. The lowest BCUT2D eigenvalue weighted by Crippen LogP contribution is -1.76. The third-order valence-electron chi connectivity index (χ3n) is 1.49. The van der Waals surface area contributed by atoms with Gasteiger partial charge >= 0.3 is 0 Å². The first-order valence-electron chi connectivity index (χ1n) is 3.73. The zero-order chi connectivity index (χ0) is 9.26. The zero-order valence-electron chi connectivity index (χ0n) is 6.82. The van der Waals surface area contributed by atoms with Crippen LogP contribution in [0.4, 0.5) is 0 Å². The molecule has 0 unspecified atom stereocenters. The van der Waals surface area contributed by atoms with Gasteiger partial charge in [0.25, 0.3) is 5.89 Å². The van der Waals surface area contributed by atoms with E-state index in [0.717, 1.165) is 15.9 Å². The summed E-state index contributed by atoms with van der Waals surface area (Å²) in [5, 5.41) is 7.79. The van der Waals surface area contributed by atoms with E-state index in [-0.39, 0.29) is 0 Å². The van der Waals surface area contributed by atoms with Gasteiger partial charge in [-0.15, -0.1) is 21.5 Å². The van der Waals surface area contributed by atoms with Crippen molar-refractivity contribution >= 4 is 27.3 Å². The van der Waals surface area contributed by atoms with Gasteiger partial charge in [0.1, 0.15) is 9.48 Å². The van der Waals surface area contributed by atoms with E-state index in [1.54, 1.807) is 5.51 Å². The van der Waals surface area contributed by atoms with Crippen molar-refractivity contribution in [3.63, 3.8) is 0 Å². The van der Waals surface area contributed by atoms with Crippen LogP contribution in [0.3, 0.4) is 0 Å². The van der Waals surface area contributed by atoms with Gasteiger partial charge in [-0.2, -0.15) is 0 Å². The molecule has 2 rings (SSSR count). The molecule has 0 aliphatic rings. The topological polar surface area (TPSA) is 51.8 Å². The van der Waals surface area contributed by atoms with E-state index < -0.39 is 0 Å². The second-order valence-electron chi connectivity index (χ2n) is 2.33. The van der Waals surface area contributed by atoms with Gasteiger partial charge < -0.3 is 4.42 Å². The van der Waals surface area contributed by atoms with Crippen LogP contribution in [0, 0.1) is 0 Å². The Morgan fingerprint density at radius 3 is 2.92 bits per heavy atom. The highest BCUT2D eigenvalue weighted by Crippen LogP contribution is 2.29. The largest absolute Gasteiger partial charge is 0.420 e. The summed E-state index contributed by atoms with van der Waals surface area (Å²) in [7, 11) is 0. The Morgan fingerprint density at radius 1 is 1.54 bits per heavy atom. The van der Waals surface area contributed by atoms with Crippen molar-refractivity contribution in [3.8, 4) is 10.8 Å². The summed E-state index contributed by atoms with van der Waals surface area (Å²) < 4.78 is 6.13. The maximum Gasteiger partial charge on any atom is 0.260 e. The summed E-state index contributed by atoms with van der Waals surface area (Å²) in [5.41, 5.74) is 1.73. The van der Waals surface area contributed by atoms with Crippen molar-refractivity contribution in [2.45, 2.75) is 13.3 Å². The van der Waals surface area contributed by atoms with Crippen LogP contribution in [0.2, 0.25) is 0 Å². The molecule has 13 heavy (non-hydrogen) atoms. The average Bonchev–Trinajstić information content (AvgIpc) is 2.71. The van der Waals surface area contributed by atoms with Gasteiger partial charge in [0.15, 0.2) is 0 Å². The Bertz CT molecular complexity index is 411. The molecule has 0 radical (unpaired) electrons. The molecule has 0 aromatic carbocycles. The number of halogens is 1. The lowest BCUT2D eigenvalue weighted by molar-refractivity contribution is 0.513. The van der Waals surface area contributed by atoms with E-state index in [4.69, 9.17) is 4.42 Å². The summed E-state index contributed by atoms with van der Waals surface area (Å²) in [6.07, 6.45) is 0.753. The first kappa shape index (κ1) is 8.83. The molecular formula is C7H6BrN3OS. The Morgan fingerprint density at radius 2 is 2.38 bits per heavy atom. The number of aromatic nitrogens is 3. The minimum Gasteiger partial charge on any atom is -0.420 e. The molecular weight excluding hydrogens is 254 g/mol. The van der Waals surface area contributed by atoms with Crippen molar-refractivity contribution in [2.24, 2.45) is 0 Å². The zero-order valence-corrected chi connectivity index (χ0v) is 9.22. The molecule has 0 atom stereocenters. The van der Waals surface area contributed by atoms with Gasteiger partial charge in [-0.3, -0.25) is 0 Å². The highest BCUT2D eigenvalue weighted by molar-refractivity contribution is 9.10. The van der Waals surface area contributed by atoms with Crippen LogP contribution in [-0.2, 0) is 6.42 Å². The molecule has 0 aliphatic carbocycles. The number of nitrogens with zero attached hydrogens (tertiary/aromatic N) is 3. The Balaban J connectivity index is 2.41.